The Balaban J connectivity index is 1.91. The van der Waals surface area contributed by atoms with E-state index in [2.05, 4.69) is 5.32 Å². The molecule has 0 aliphatic rings. The van der Waals surface area contributed by atoms with Crippen LogP contribution in [0.4, 0.5) is 5.69 Å². The first-order valence-corrected chi connectivity index (χ1v) is 8.33. The van der Waals surface area contributed by atoms with Crippen molar-refractivity contribution >= 4 is 17.5 Å². The summed E-state index contributed by atoms with van der Waals surface area (Å²) < 4.78 is 5.37. The lowest BCUT2D eigenvalue weighted by molar-refractivity contribution is -0.128. The minimum absolute atomic E-state index is 0.105. The largest absolute Gasteiger partial charge is 0.494 e. The maximum absolute atomic E-state index is 12.3. The average molecular weight is 340 g/mol. The number of nitrogens with one attached hydrogen (secondary N) is 1. The molecule has 0 aromatic heterocycles. The summed E-state index contributed by atoms with van der Waals surface area (Å²) in [6.45, 7) is 2.51. The van der Waals surface area contributed by atoms with Crippen molar-refractivity contribution in [3.05, 3.63) is 59.7 Å². The molecule has 0 heterocycles. The minimum atomic E-state index is -0.168. The van der Waals surface area contributed by atoms with Crippen LogP contribution >= 0.6 is 0 Å². The smallest absolute Gasteiger partial charge is 0.255 e. The fourth-order valence-electron chi connectivity index (χ4n) is 2.30. The van der Waals surface area contributed by atoms with E-state index in [1.54, 1.807) is 43.3 Å². The van der Waals surface area contributed by atoms with Gasteiger partial charge in [0.25, 0.3) is 5.91 Å². The molecule has 5 heteroatoms. The molecular formula is C20H24N2O3. The number of benzene rings is 2. The van der Waals surface area contributed by atoms with E-state index in [1.165, 1.54) is 0 Å². The zero-order valence-electron chi connectivity index (χ0n) is 14.9. The molecule has 0 fully saturated rings. The molecule has 2 amide bonds. The summed E-state index contributed by atoms with van der Waals surface area (Å²) in [6, 6.07) is 14.6. The van der Waals surface area contributed by atoms with Crippen LogP contribution in [0.25, 0.3) is 0 Å². The van der Waals surface area contributed by atoms with Crippen molar-refractivity contribution in [3.63, 3.8) is 0 Å². The summed E-state index contributed by atoms with van der Waals surface area (Å²) in [5.74, 6) is 0.683. The molecule has 0 aliphatic heterocycles. The third-order valence-corrected chi connectivity index (χ3v) is 3.77. The molecular weight excluding hydrogens is 316 g/mol. The highest BCUT2D eigenvalue weighted by Gasteiger charge is 2.07. The van der Waals surface area contributed by atoms with Gasteiger partial charge in [0.1, 0.15) is 5.75 Å². The molecule has 0 unspecified atom stereocenters. The van der Waals surface area contributed by atoms with Crippen LogP contribution in [0.15, 0.2) is 48.5 Å². The first-order chi connectivity index (χ1) is 12.0. The SMILES string of the molecule is CCOc1ccc(C(=O)Nc2ccc(CCC(=O)N(C)C)cc2)cc1. The summed E-state index contributed by atoms with van der Waals surface area (Å²) in [7, 11) is 3.50. The Morgan fingerprint density at radius 3 is 2.20 bits per heavy atom. The van der Waals surface area contributed by atoms with Crippen molar-refractivity contribution in [1.29, 1.82) is 0 Å². The summed E-state index contributed by atoms with van der Waals surface area (Å²) in [6.07, 6.45) is 1.16. The quantitative estimate of drug-likeness (QED) is 0.841. The molecule has 2 aromatic carbocycles. The highest BCUT2D eigenvalue weighted by atomic mass is 16.5. The second-order valence-corrected chi connectivity index (χ2v) is 5.90. The first-order valence-electron chi connectivity index (χ1n) is 8.33. The third kappa shape index (κ3) is 5.64. The van der Waals surface area contributed by atoms with Gasteiger partial charge in [-0.1, -0.05) is 12.1 Å². The van der Waals surface area contributed by atoms with Gasteiger partial charge in [-0.2, -0.15) is 0 Å². The van der Waals surface area contributed by atoms with Crippen molar-refractivity contribution in [2.75, 3.05) is 26.0 Å². The van der Waals surface area contributed by atoms with E-state index in [4.69, 9.17) is 4.74 Å². The number of anilines is 1. The van der Waals surface area contributed by atoms with Gasteiger partial charge in [-0.15, -0.1) is 0 Å². The highest BCUT2D eigenvalue weighted by molar-refractivity contribution is 6.04. The van der Waals surface area contributed by atoms with E-state index in [1.807, 2.05) is 31.2 Å². The van der Waals surface area contributed by atoms with Crippen LogP contribution in [0.1, 0.15) is 29.3 Å². The minimum Gasteiger partial charge on any atom is -0.494 e. The number of hydrogen-bond acceptors (Lipinski definition) is 3. The molecule has 0 radical (unpaired) electrons. The Kier molecular flexibility index (Phi) is 6.57. The van der Waals surface area contributed by atoms with Crippen LogP contribution in [-0.4, -0.2) is 37.4 Å². The monoisotopic (exact) mass is 340 g/mol. The predicted molar refractivity (Wildman–Crippen MR) is 99.0 cm³/mol. The number of amides is 2. The van der Waals surface area contributed by atoms with Crippen LogP contribution in [0, 0.1) is 0 Å². The number of nitrogens with zero attached hydrogens (tertiary/aromatic N) is 1. The van der Waals surface area contributed by atoms with Crippen LogP contribution in [0.2, 0.25) is 0 Å². The fourth-order valence-corrected chi connectivity index (χ4v) is 2.30. The molecule has 132 valence electrons. The molecule has 25 heavy (non-hydrogen) atoms. The molecule has 0 spiro atoms. The lowest BCUT2D eigenvalue weighted by Gasteiger charge is -2.10. The fraction of sp³-hybridized carbons (Fsp3) is 0.300. The topological polar surface area (TPSA) is 58.6 Å². The van der Waals surface area contributed by atoms with Gasteiger partial charge in [-0.3, -0.25) is 9.59 Å². The van der Waals surface area contributed by atoms with Gasteiger partial charge in [0.05, 0.1) is 6.61 Å². The molecule has 0 aliphatic carbocycles. The van der Waals surface area contributed by atoms with Gasteiger partial charge in [-0.25, -0.2) is 0 Å². The summed E-state index contributed by atoms with van der Waals surface area (Å²) in [4.78, 5) is 25.5. The third-order valence-electron chi connectivity index (χ3n) is 3.77. The van der Waals surface area contributed by atoms with Gasteiger partial charge < -0.3 is 15.0 Å². The maximum Gasteiger partial charge on any atom is 0.255 e. The Morgan fingerprint density at radius 2 is 1.64 bits per heavy atom. The molecule has 2 rings (SSSR count). The maximum atomic E-state index is 12.3. The van der Waals surface area contributed by atoms with Crippen molar-refractivity contribution < 1.29 is 14.3 Å². The lowest BCUT2D eigenvalue weighted by Crippen LogP contribution is -2.21. The summed E-state index contributed by atoms with van der Waals surface area (Å²) in [5.41, 5.74) is 2.36. The standard InChI is InChI=1S/C20H24N2O3/c1-4-25-18-12-8-16(9-13-18)20(24)21-17-10-5-15(6-11-17)7-14-19(23)22(2)3/h5-6,8-13H,4,7,14H2,1-3H3,(H,21,24). The average Bonchev–Trinajstić information content (AvgIpc) is 2.61. The normalized spacial score (nSPS) is 10.2. The number of rotatable bonds is 7. The van der Waals surface area contributed by atoms with Crippen LogP contribution in [0.3, 0.4) is 0 Å². The van der Waals surface area contributed by atoms with E-state index in [9.17, 15) is 9.59 Å². The van der Waals surface area contributed by atoms with E-state index in [-0.39, 0.29) is 11.8 Å². The van der Waals surface area contributed by atoms with Gasteiger partial charge in [0.15, 0.2) is 0 Å². The molecule has 2 aromatic rings. The second-order valence-electron chi connectivity index (χ2n) is 5.90. The number of carbonyl (C=O) groups is 2. The Bertz CT molecular complexity index is 707. The van der Waals surface area contributed by atoms with Gasteiger partial charge >= 0.3 is 0 Å². The Labute approximate surface area is 148 Å². The van der Waals surface area contributed by atoms with Crippen molar-refractivity contribution in [2.45, 2.75) is 19.8 Å². The molecule has 1 N–H and O–H groups in total. The Hall–Kier alpha value is -2.82. The van der Waals surface area contributed by atoms with Gasteiger partial charge in [0, 0.05) is 31.8 Å². The Morgan fingerprint density at radius 1 is 1.00 bits per heavy atom. The summed E-state index contributed by atoms with van der Waals surface area (Å²) >= 11 is 0. The molecule has 0 bridgehead atoms. The van der Waals surface area contributed by atoms with Crippen molar-refractivity contribution in [2.24, 2.45) is 0 Å². The van der Waals surface area contributed by atoms with Crippen molar-refractivity contribution in [1.82, 2.24) is 4.90 Å². The summed E-state index contributed by atoms with van der Waals surface area (Å²) in [5, 5.41) is 2.87. The second kappa shape index (κ2) is 8.87. The van der Waals surface area contributed by atoms with E-state index >= 15 is 0 Å². The number of aryl methyl sites for hydroxylation is 1. The number of ether oxygens (including phenoxy) is 1. The zero-order chi connectivity index (χ0) is 18.2. The van der Waals surface area contributed by atoms with Gasteiger partial charge in [-0.05, 0) is 55.3 Å². The lowest BCUT2D eigenvalue weighted by atomic mass is 10.1. The molecule has 0 atom stereocenters. The molecule has 0 saturated carbocycles. The first kappa shape index (κ1) is 18.5. The predicted octanol–water partition coefficient (Wildman–Crippen LogP) is 3.36. The van der Waals surface area contributed by atoms with Crippen LogP contribution in [0.5, 0.6) is 5.75 Å². The number of hydrogen-bond donors (Lipinski definition) is 1. The van der Waals surface area contributed by atoms with Crippen molar-refractivity contribution in [3.8, 4) is 5.75 Å². The van der Waals surface area contributed by atoms with Gasteiger partial charge in [0.2, 0.25) is 5.91 Å². The number of carbonyl (C=O) groups excluding carboxylic acids is 2. The van der Waals surface area contributed by atoms with Crippen LogP contribution < -0.4 is 10.1 Å². The highest BCUT2D eigenvalue weighted by Crippen LogP contribution is 2.15. The van der Waals surface area contributed by atoms with E-state index < -0.39 is 0 Å². The van der Waals surface area contributed by atoms with E-state index in [0.29, 0.717) is 25.0 Å². The molecule has 0 saturated heterocycles. The molecule has 5 nitrogen and oxygen atoms in total. The van der Waals surface area contributed by atoms with E-state index in [0.717, 1.165) is 17.0 Å². The zero-order valence-corrected chi connectivity index (χ0v) is 14.9. The van der Waals surface area contributed by atoms with Crippen LogP contribution in [-0.2, 0) is 11.2 Å².